The maximum absolute atomic E-state index is 12.3. The van der Waals surface area contributed by atoms with Crippen molar-refractivity contribution in [2.75, 3.05) is 26.2 Å². The van der Waals surface area contributed by atoms with Gasteiger partial charge in [-0.3, -0.25) is 9.69 Å². The van der Waals surface area contributed by atoms with Crippen LogP contribution in [-0.2, 0) is 0 Å². The first-order valence-electron chi connectivity index (χ1n) is 6.51. The predicted octanol–water partition coefficient (Wildman–Crippen LogP) is 2.21. The first-order valence-corrected chi connectivity index (χ1v) is 6.88. The summed E-state index contributed by atoms with van der Waals surface area (Å²) in [5, 5.41) is 9.58. The first-order chi connectivity index (χ1) is 8.99. The summed E-state index contributed by atoms with van der Waals surface area (Å²) in [5.74, 6) is -0.0202. The third-order valence-corrected chi connectivity index (χ3v) is 3.83. The molecule has 1 aliphatic rings. The van der Waals surface area contributed by atoms with E-state index in [9.17, 15) is 9.90 Å². The Morgan fingerprint density at radius 1 is 1.26 bits per heavy atom. The molecule has 0 saturated carbocycles. The highest BCUT2D eigenvalue weighted by Crippen LogP contribution is 2.24. The van der Waals surface area contributed by atoms with Crippen molar-refractivity contribution in [2.24, 2.45) is 0 Å². The van der Waals surface area contributed by atoms with Crippen LogP contribution in [0.1, 0.15) is 24.2 Å². The minimum Gasteiger partial charge on any atom is -0.506 e. The van der Waals surface area contributed by atoms with E-state index in [0.717, 1.165) is 26.2 Å². The molecule has 1 fully saturated rings. The Balaban J connectivity index is 2.03. The topological polar surface area (TPSA) is 43.8 Å². The Morgan fingerprint density at radius 3 is 2.42 bits per heavy atom. The van der Waals surface area contributed by atoms with E-state index >= 15 is 0 Å². The fraction of sp³-hybridized carbons (Fsp3) is 0.500. The second kappa shape index (κ2) is 5.80. The standard InChI is InChI=1S/C14H19ClN2O2/c1-10(2)16-5-7-17(8-6-16)14(19)11-3-4-13(18)12(15)9-11/h3-4,9-10,18H,5-8H2,1-2H3. The fourth-order valence-electron chi connectivity index (χ4n) is 2.26. The molecule has 1 amide bonds. The third kappa shape index (κ3) is 3.19. The van der Waals surface area contributed by atoms with Gasteiger partial charge >= 0.3 is 0 Å². The molecule has 1 saturated heterocycles. The van der Waals surface area contributed by atoms with Crippen LogP contribution in [0.3, 0.4) is 0 Å². The molecule has 0 bridgehead atoms. The summed E-state index contributed by atoms with van der Waals surface area (Å²) in [4.78, 5) is 16.5. The van der Waals surface area contributed by atoms with Crippen LogP contribution in [0.4, 0.5) is 0 Å². The van der Waals surface area contributed by atoms with Gasteiger partial charge < -0.3 is 10.0 Å². The molecule has 0 aliphatic carbocycles. The minimum absolute atomic E-state index is 0.00263. The Labute approximate surface area is 118 Å². The molecule has 0 aromatic heterocycles. The van der Waals surface area contributed by atoms with Crippen molar-refractivity contribution < 1.29 is 9.90 Å². The summed E-state index contributed by atoms with van der Waals surface area (Å²) in [6.45, 7) is 7.59. The van der Waals surface area contributed by atoms with Crippen LogP contribution in [0, 0.1) is 0 Å². The maximum Gasteiger partial charge on any atom is 0.253 e. The van der Waals surface area contributed by atoms with E-state index in [2.05, 4.69) is 18.7 Å². The van der Waals surface area contributed by atoms with Gasteiger partial charge in [0.2, 0.25) is 0 Å². The smallest absolute Gasteiger partial charge is 0.253 e. The van der Waals surface area contributed by atoms with Gasteiger partial charge in [-0.2, -0.15) is 0 Å². The Morgan fingerprint density at radius 2 is 1.89 bits per heavy atom. The number of phenols is 1. The van der Waals surface area contributed by atoms with Crippen LogP contribution in [0.5, 0.6) is 5.75 Å². The number of carbonyl (C=O) groups excluding carboxylic acids is 1. The van der Waals surface area contributed by atoms with Crippen LogP contribution in [0.25, 0.3) is 0 Å². The van der Waals surface area contributed by atoms with Crippen molar-refractivity contribution in [3.8, 4) is 5.75 Å². The number of benzene rings is 1. The third-order valence-electron chi connectivity index (χ3n) is 3.53. The van der Waals surface area contributed by atoms with Crippen molar-refractivity contribution in [3.63, 3.8) is 0 Å². The molecule has 0 radical (unpaired) electrons. The SMILES string of the molecule is CC(C)N1CCN(C(=O)c2ccc(O)c(Cl)c2)CC1. The number of piperazine rings is 1. The number of phenolic OH excluding ortho intramolecular Hbond substituents is 1. The molecule has 1 N–H and O–H groups in total. The summed E-state index contributed by atoms with van der Waals surface area (Å²) in [6.07, 6.45) is 0. The number of aromatic hydroxyl groups is 1. The summed E-state index contributed by atoms with van der Waals surface area (Å²) in [5.41, 5.74) is 0.529. The summed E-state index contributed by atoms with van der Waals surface area (Å²) >= 11 is 5.83. The lowest BCUT2D eigenvalue weighted by Gasteiger charge is -2.37. The van der Waals surface area contributed by atoms with E-state index in [1.165, 1.54) is 12.1 Å². The second-order valence-corrected chi connectivity index (χ2v) is 5.50. The highest BCUT2D eigenvalue weighted by Gasteiger charge is 2.23. The van der Waals surface area contributed by atoms with Gasteiger partial charge in [-0.25, -0.2) is 0 Å². The summed E-state index contributed by atoms with van der Waals surface area (Å²) in [7, 11) is 0. The molecule has 0 atom stereocenters. The van der Waals surface area contributed by atoms with E-state index in [0.29, 0.717) is 11.6 Å². The van der Waals surface area contributed by atoms with E-state index in [-0.39, 0.29) is 16.7 Å². The number of nitrogens with zero attached hydrogens (tertiary/aromatic N) is 2. The van der Waals surface area contributed by atoms with Crippen LogP contribution in [0.15, 0.2) is 18.2 Å². The van der Waals surface area contributed by atoms with E-state index in [4.69, 9.17) is 11.6 Å². The quantitative estimate of drug-likeness (QED) is 0.904. The lowest BCUT2D eigenvalue weighted by atomic mass is 10.1. The molecule has 19 heavy (non-hydrogen) atoms. The van der Waals surface area contributed by atoms with Gasteiger partial charge in [0.25, 0.3) is 5.91 Å². The van der Waals surface area contributed by atoms with E-state index < -0.39 is 0 Å². The molecule has 5 heteroatoms. The lowest BCUT2D eigenvalue weighted by Crippen LogP contribution is -2.50. The van der Waals surface area contributed by atoms with Gasteiger partial charge in [0.1, 0.15) is 5.75 Å². The molecule has 2 rings (SSSR count). The number of rotatable bonds is 2. The monoisotopic (exact) mass is 282 g/mol. The number of halogens is 1. The molecule has 0 spiro atoms. The highest BCUT2D eigenvalue weighted by molar-refractivity contribution is 6.32. The molecular weight excluding hydrogens is 264 g/mol. The van der Waals surface area contributed by atoms with E-state index in [1.54, 1.807) is 6.07 Å². The van der Waals surface area contributed by atoms with Crippen molar-refractivity contribution in [1.82, 2.24) is 9.80 Å². The summed E-state index contributed by atoms with van der Waals surface area (Å²) < 4.78 is 0. The zero-order chi connectivity index (χ0) is 14.0. The lowest BCUT2D eigenvalue weighted by molar-refractivity contribution is 0.0595. The normalized spacial score (nSPS) is 16.9. The minimum atomic E-state index is -0.0229. The Hall–Kier alpha value is -1.26. The highest BCUT2D eigenvalue weighted by atomic mass is 35.5. The van der Waals surface area contributed by atoms with Crippen molar-refractivity contribution in [2.45, 2.75) is 19.9 Å². The largest absolute Gasteiger partial charge is 0.506 e. The molecule has 104 valence electrons. The van der Waals surface area contributed by atoms with Crippen LogP contribution in [-0.4, -0.2) is 53.0 Å². The average molecular weight is 283 g/mol. The van der Waals surface area contributed by atoms with Crippen molar-refractivity contribution in [3.05, 3.63) is 28.8 Å². The van der Waals surface area contributed by atoms with Gasteiger partial charge in [-0.1, -0.05) is 11.6 Å². The van der Waals surface area contributed by atoms with Gasteiger partial charge in [0.05, 0.1) is 5.02 Å². The second-order valence-electron chi connectivity index (χ2n) is 5.09. The van der Waals surface area contributed by atoms with Crippen LogP contribution < -0.4 is 0 Å². The molecule has 1 aliphatic heterocycles. The average Bonchev–Trinajstić information content (AvgIpc) is 2.41. The number of hydrogen-bond acceptors (Lipinski definition) is 3. The number of hydrogen-bond donors (Lipinski definition) is 1. The number of amides is 1. The zero-order valence-corrected chi connectivity index (χ0v) is 12.0. The molecule has 1 heterocycles. The van der Waals surface area contributed by atoms with Gasteiger partial charge in [-0.05, 0) is 32.0 Å². The fourth-order valence-corrected chi connectivity index (χ4v) is 2.44. The van der Waals surface area contributed by atoms with Crippen molar-refractivity contribution in [1.29, 1.82) is 0 Å². The zero-order valence-electron chi connectivity index (χ0n) is 11.3. The Kier molecular flexibility index (Phi) is 4.32. The van der Waals surface area contributed by atoms with E-state index in [1.807, 2.05) is 4.90 Å². The first kappa shape index (κ1) is 14.2. The summed E-state index contributed by atoms with van der Waals surface area (Å²) in [6, 6.07) is 5.10. The predicted molar refractivity (Wildman–Crippen MR) is 75.7 cm³/mol. The molecule has 1 aromatic carbocycles. The molecule has 0 unspecified atom stereocenters. The maximum atomic E-state index is 12.3. The molecular formula is C14H19ClN2O2. The van der Waals surface area contributed by atoms with Gasteiger partial charge in [-0.15, -0.1) is 0 Å². The van der Waals surface area contributed by atoms with Crippen LogP contribution in [0.2, 0.25) is 5.02 Å². The Bertz CT molecular complexity index is 469. The van der Waals surface area contributed by atoms with Gasteiger partial charge in [0.15, 0.2) is 0 Å². The molecule has 4 nitrogen and oxygen atoms in total. The van der Waals surface area contributed by atoms with Crippen LogP contribution >= 0.6 is 11.6 Å². The molecule has 1 aromatic rings. The van der Waals surface area contributed by atoms with Gasteiger partial charge in [0, 0.05) is 37.8 Å². The van der Waals surface area contributed by atoms with Crippen molar-refractivity contribution >= 4 is 17.5 Å². The number of carbonyl (C=O) groups is 1.